The standard InChI is InChI=1S/C24H21NO2/c1-26-21-10-5-17(6-11-21)24(18-7-12-22(27-2)13-8-18)20-9-14-23-19(16-20)4-3-15-25-23/h3-16,24H,1-2H3. The SMILES string of the molecule is COc1ccc(C(c2ccc(OC)cc2)c2ccc3ncccc3c2)cc1. The first-order chi connectivity index (χ1) is 13.3. The molecule has 0 amide bonds. The van der Waals surface area contributed by atoms with Crippen molar-refractivity contribution in [2.45, 2.75) is 5.92 Å². The highest BCUT2D eigenvalue weighted by Gasteiger charge is 2.17. The van der Waals surface area contributed by atoms with Gasteiger partial charge in [0.25, 0.3) is 0 Å². The summed E-state index contributed by atoms with van der Waals surface area (Å²) in [7, 11) is 3.37. The van der Waals surface area contributed by atoms with E-state index in [0.717, 1.165) is 22.4 Å². The third-order valence-electron chi connectivity index (χ3n) is 4.86. The van der Waals surface area contributed by atoms with Crippen LogP contribution in [0, 0.1) is 0 Å². The molecule has 0 unspecified atom stereocenters. The fraction of sp³-hybridized carbons (Fsp3) is 0.125. The number of hydrogen-bond acceptors (Lipinski definition) is 3. The highest BCUT2D eigenvalue weighted by atomic mass is 16.5. The Hall–Kier alpha value is -3.33. The summed E-state index contributed by atoms with van der Waals surface area (Å²) in [5, 5.41) is 1.14. The van der Waals surface area contributed by atoms with Gasteiger partial charge in [-0.05, 0) is 59.2 Å². The molecule has 1 aromatic heterocycles. The van der Waals surface area contributed by atoms with Gasteiger partial charge in [-0.15, -0.1) is 0 Å². The van der Waals surface area contributed by atoms with Gasteiger partial charge in [-0.2, -0.15) is 0 Å². The van der Waals surface area contributed by atoms with Crippen LogP contribution in [0.15, 0.2) is 85.1 Å². The molecule has 0 aliphatic carbocycles. The lowest BCUT2D eigenvalue weighted by molar-refractivity contribution is 0.414. The first-order valence-electron chi connectivity index (χ1n) is 8.91. The first-order valence-corrected chi connectivity index (χ1v) is 8.91. The maximum absolute atomic E-state index is 5.32. The Balaban J connectivity index is 1.84. The van der Waals surface area contributed by atoms with E-state index in [1.807, 2.05) is 36.5 Å². The molecule has 134 valence electrons. The second-order valence-electron chi connectivity index (χ2n) is 6.43. The Morgan fingerprint density at radius 1 is 0.667 bits per heavy atom. The zero-order valence-electron chi connectivity index (χ0n) is 15.4. The van der Waals surface area contributed by atoms with E-state index in [1.165, 1.54) is 16.7 Å². The largest absolute Gasteiger partial charge is 0.497 e. The van der Waals surface area contributed by atoms with Crippen molar-refractivity contribution < 1.29 is 9.47 Å². The maximum Gasteiger partial charge on any atom is 0.118 e. The molecule has 3 heteroatoms. The quantitative estimate of drug-likeness (QED) is 0.447. The van der Waals surface area contributed by atoms with E-state index >= 15 is 0 Å². The number of pyridine rings is 1. The van der Waals surface area contributed by atoms with Gasteiger partial charge in [0.1, 0.15) is 11.5 Å². The molecule has 0 fully saturated rings. The summed E-state index contributed by atoms with van der Waals surface area (Å²) >= 11 is 0. The maximum atomic E-state index is 5.32. The number of ether oxygens (including phenoxy) is 2. The Labute approximate surface area is 159 Å². The lowest BCUT2D eigenvalue weighted by atomic mass is 9.84. The Kier molecular flexibility index (Phi) is 4.75. The molecule has 3 nitrogen and oxygen atoms in total. The summed E-state index contributed by atoms with van der Waals surface area (Å²) < 4.78 is 10.6. The zero-order chi connectivity index (χ0) is 18.6. The van der Waals surface area contributed by atoms with Crippen molar-refractivity contribution >= 4 is 10.9 Å². The van der Waals surface area contributed by atoms with Gasteiger partial charge >= 0.3 is 0 Å². The molecular formula is C24H21NO2. The van der Waals surface area contributed by atoms with Crippen molar-refractivity contribution in [3.63, 3.8) is 0 Å². The molecule has 0 saturated heterocycles. The van der Waals surface area contributed by atoms with E-state index < -0.39 is 0 Å². The highest BCUT2D eigenvalue weighted by Crippen LogP contribution is 2.34. The monoisotopic (exact) mass is 355 g/mol. The van der Waals surface area contributed by atoms with Crippen molar-refractivity contribution in [3.8, 4) is 11.5 Å². The number of fused-ring (bicyclic) bond motifs is 1. The number of benzene rings is 3. The van der Waals surface area contributed by atoms with Gasteiger partial charge in [0, 0.05) is 17.5 Å². The average Bonchev–Trinajstić information content (AvgIpc) is 2.75. The Morgan fingerprint density at radius 2 is 1.22 bits per heavy atom. The van der Waals surface area contributed by atoms with Crippen molar-refractivity contribution in [3.05, 3.63) is 102 Å². The van der Waals surface area contributed by atoms with Crippen LogP contribution < -0.4 is 9.47 Å². The van der Waals surface area contributed by atoms with Crippen molar-refractivity contribution in [1.82, 2.24) is 4.98 Å². The van der Waals surface area contributed by atoms with E-state index in [2.05, 4.69) is 53.5 Å². The highest BCUT2D eigenvalue weighted by molar-refractivity contribution is 5.79. The molecule has 0 N–H and O–H groups in total. The van der Waals surface area contributed by atoms with E-state index in [-0.39, 0.29) is 5.92 Å². The minimum Gasteiger partial charge on any atom is -0.497 e. The topological polar surface area (TPSA) is 31.4 Å². The smallest absolute Gasteiger partial charge is 0.118 e. The van der Waals surface area contributed by atoms with E-state index in [4.69, 9.17) is 9.47 Å². The number of rotatable bonds is 5. The van der Waals surface area contributed by atoms with Crippen LogP contribution in [0.25, 0.3) is 10.9 Å². The molecule has 0 saturated carbocycles. The molecule has 0 aliphatic heterocycles. The molecule has 0 spiro atoms. The van der Waals surface area contributed by atoms with Crippen LogP contribution in [0.3, 0.4) is 0 Å². The molecule has 0 aliphatic rings. The normalized spacial score (nSPS) is 10.9. The molecular weight excluding hydrogens is 334 g/mol. The predicted molar refractivity (Wildman–Crippen MR) is 109 cm³/mol. The van der Waals surface area contributed by atoms with Gasteiger partial charge in [-0.25, -0.2) is 0 Å². The van der Waals surface area contributed by atoms with Crippen LogP contribution in [0.2, 0.25) is 0 Å². The minimum atomic E-state index is 0.117. The van der Waals surface area contributed by atoms with Gasteiger partial charge in [0.15, 0.2) is 0 Å². The van der Waals surface area contributed by atoms with Crippen LogP contribution >= 0.6 is 0 Å². The lowest BCUT2D eigenvalue weighted by Crippen LogP contribution is -2.04. The number of hydrogen-bond donors (Lipinski definition) is 0. The van der Waals surface area contributed by atoms with Gasteiger partial charge in [0.2, 0.25) is 0 Å². The zero-order valence-corrected chi connectivity index (χ0v) is 15.4. The Bertz CT molecular complexity index is 992. The van der Waals surface area contributed by atoms with Crippen LogP contribution in [0.5, 0.6) is 11.5 Å². The fourth-order valence-electron chi connectivity index (χ4n) is 3.44. The summed E-state index contributed by atoms with van der Waals surface area (Å²) in [6, 6.07) is 27.1. The third-order valence-corrected chi connectivity index (χ3v) is 4.86. The molecule has 1 heterocycles. The van der Waals surface area contributed by atoms with Crippen molar-refractivity contribution in [2.75, 3.05) is 14.2 Å². The fourth-order valence-corrected chi connectivity index (χ4v) is 3.44. The summed E-state index contributed by atoms with van der Waals surface area (Å²) in [5.41, 5.74) is 4.66. The molecule has 0 atom stereocenters. The second kappa shape index (κ2) is 7.50. The minimum absolute atomic E-state index is 0.117. The molecule has 27 heavy (non-hydrogen) atoms. The average molecular weight is 355 g/mol. The van der Waals surface area contributed by atoms with Gasteiger partial charge < -0.3 is 9.47 Å². The summed E-state index contributed by atoms with van der Waals surface area (Å²) in [6.07, 6.45) is 1.83. The van der Waals surface area contributed by atoms with Gasteiger partial charge in [-0.3, -0.25) is 4.98 Å². The van der Waals surface area contributed by atoms with Crippen LogP contribution in [-0.4, -0.2) is 19.2 Å². The van der Waals surface area contributed by atoms with Crippen LogP contribution in [0.1, 0.15) is 22.6 Å². The second-order valence-corrected chi connectivity index (χ2v) is 6.43. The molecule has 0 radical (unpaired) electrons. The number of nitrogens with zero attached hydrogens (tertiary/aromatic N) is 1. The number of methoxy groups -OCH3 is 2. The van der Waals surface area contributed by atoms with Crippen molar-refractivity contribution in [1.29, 1.82) is 0 Å². The van der Waals surface area contributed by atoms with E-state index in [9.17, 15) is 0 Å². The number of aromatic nitrogens is 1. The van der Waals surface area contributed by atoms with E-state index in [0.29, 0.717) is 0 Å². The molecule has 3 aromatic carbocycles. The van der Waals surface area contributed by atoms with Gasteiger partial charge in [-0.1, -0.05) is 36.4 Å². The molecule has 4 aromatic rings. The molecule has 4 rings (SSSR count). The van der Waals surface area contributed by atoms with Crippen LogP contribution in [-0.2, 0) is 0 Å². The third kappa shape index (κ3) is 3.49. The summed E-state index contributed by atoms with van der Waals surface area (Å²) in [5.74, 6) is 1.83. The molecule has 0 bridgehead atoms. The predicted octanol–water partition coefficient (Wildman–Crippen LogP) is 5.43. The summed E-state index contributed by atoms with van der Waals surface area (Å²) in [4.78, 5) is 4.44. The summed E-state index contributed by atoms with van der Waals surface area (Å²) in [6.45, 7) is 0. The van der Waals surface area contributed by atoms with Gasteiger partial charge in [0.05, 0.1) is 19.7 Å². The Morgan fingerprint density at radius 3 is 1.78 bits per heavy atom. The van der Waals surface area contributed by atoms with Crippen molar-refractivity contribution in [2.24, 2.45) is 0 Å². The lowest BCUT2D eigenvalue weighted by Gasteiger charge is -2.20. The van der Waals surface area contributed by atoms with E-state index in [1.54, 1.807) is 14.2 Å². The first kappa shape index (κ1) is 17.1. The van der Waals surface area contributed by atoms with Crippen LogP contribution in [0.4, 0.5) is 0 Å².